The molecule has 7 heteroatoms. The predicted octanol–water partition coefficient (Wildman–Crippen LogP) is 4.54. The maximum absolute atomic E-state index is 12.4. The maximum atomic E-state index is 12.4. The van der Waals surface area contributed by atoms with E-state index in [9.17, 15) is 4.79 Å². The van der Waals surface area contributed by atoms with Gasteiger partial charge in [-0.1, -0.05) is 42.5 Å². The van der Waals surface area contributed by atoms with Crippen molar-refractivity contribution in [2.45, 2.75) is 6.54 Å². The maximum Gasteiger partial charge on any atom is 0.319 e. The van der Waals surface area contributed by atoms with Gasteiger partial charge in [-0.25, -0.2) is 9.78 Å². The molecule has 0 unspecified atom stereocenters. The molecule has 0 aliphatic heterocycles. The molecule has 0 saturated carbocycles. The summed E-state index contributed by atoms with van der Waals surface area (Å²) in [6, 6.07) is 23.0. The van der Waals surface area contributed by atoms with Crippen LogP contribution in [0.1, 0.15) is 0 Å². The highest BCUT2D eigenvalue weighted by Gasteiger charge is 2.12. The lowest BCUT2D eigenvalue weighted by atomic mass is 10.2. The van der Waals surface area contributed by atoms with Crippen LogP contribution in [0.2, 0.25) is 0 Å². The fourth-order valence-corrected chi connectivity index (χ4v) is 3.45. The summed E-state index contributed by atoms with van der Waals surface area (Å²) in [4.78, 5) is 17.2. The van der Waals surface area contributed by atoms with Gasteiger partial charge in [0.15, 0.2) is 0 Å². The van der Waals surface area contributed by atoms with Gasteiger partial charge >= 0.3 is 6.03 Å². The Morgan fingerprint density at radius 1 is 0.935 bits per heavy atom. The van der Waals surface area contributed by atoms with Crippen LogP contribution < -0.4 is 20.1 Å². The summed E-state index contributed by atoms with van der Waals surface area (Å²) in [7, 11) is 3.14. The fraction of sp³-hybridized carbons (Fsp3) is 0.167. The van der Waals surface area contributed by atoms with Gasteiger partial charge in [-0.15, -0.1) is 0 Å². The summed E-state index contributed by atoms with van der Waals surface area (Å²) in [5.74, 6) is 2.08. The molecule has 0 fully saturated rings. The van der Waals surface area contributed by atoms with E-state index in [0.29, 0.717) is 30.3 Å². The van der Waals surface area contributed by atoms with E-state index in [1.165, 1.54) is 0 Å². The second-order valence-corrected chi connectivity index (χ2v) is 6.92. The zero-order valence-corrected chi connectivity index (χ0v) is 17.5. The molecule has 2 N–H and O–H groups in total. The minimum atomic E-state index is -0.305. The molecule has 158 valence electrons. The third kappa shape index (κ3) is 4.61. The first-order valence-corrected chi connectivity index (χ1v) is 9.96. The number of imidazole rings is 1. The summed E-state index contributed by atoms with van der Waals surface area (Å²) in [5, 5.41) is 5.73. The normalized spacial score (nSPS) is 10.6. The molecule has 0 bridgehead atoms. The molecule has 2 amide bonds. The average molecular weight is 416 g/mol. The van der Waals surface area contributed by atoms with Gasteiger partial charge in [-0.2, -0.15) is 0 Å². The van der Waals surface area contributed by atoms with Crippen LogP contribution in [-0.4, -0.2) is 36.3 Å². The third-order valence-corrected chi connectivity index (χ3v) is 4.92. The summed E-state index contributed by atoms with van der Waals surface area (Å²) in [6.07, 6.45) is 0. The van der Waals surface area contributed by atoms with Crippen LogP contribution in [-0.2, 0) is 6.54 Å². The number of ether oxygens (including phenoxy) is 2. The van der Waals surface area contributed by atoms with Crippen molar-refractivity contribution in [1.29, 1.82) is 0 Å². The van der Waals surface area contributed by atoms with Crippen LogP contribution in [0.4, 0.5) is 10.5 Å². The Hall–Kier alpha value is -4.00. The lowest BCUT2D eigenvalue weighted by molar-refractivity contribution is 0.251. The highest BCUT2D eigenvalue weighted by Crippen LogP contribution is 2.26. The lowest BCUT2D eigenvalue weighted by Gasteiger charge is -2.12. The number of rotatable bonds is 7. The van der Waals surface area contributed by atoms with E-state index in [0.717, 1.165) is 22.4 Å². The van der Waals surface area contributed by atoms with E-state index in [4.69, 9.17) is 14.5 Å². The smallest absolute Gasteiger partial charge is 0.319 e. The van der Waals surface area contributed by atoms with Gasteiger partial charge in [-0.3, -0.25) is 0 Å². The van der Waals surface area contributed by atoms with Gasteiger partial charge in [0, 0.05) is 42.5 Å². The van der Waals surface area contributed by atoms with Crippen molar-refractivity contribution in [3.63, 3.8) is 0 Å². The number of nitrogens with one attached hydrogen (secondary N) is 2. The minimum absolute atomic E-state index is 0.305. The average Bonchev–Trinajstić information content (AvgIpc) is 3.18. The number of carbonyl (C=O) groups is 1. The van der Waals surface area contributed by atoms with Crippen LogP contribution >= 0.6 is 0 Å². The summed E-state index contributed by atoms with van der Waals surface area (Å²) >= 11 is 0. The zero-order valence-electron chi connectivity index (χ0n) is 17.5. The number of hydrogen-bond acceptors (Lipinski definition) is 4. The molecule has 0 aliphatic carbocycles. The number of fused-ring (bicyclic) bond motifs is 1. The molecule has 0 saturated heterocycles. The molecule has 3 aromatic carbocycles. The Morgan fingerprint density at radius 2 is 1.61 bits per heavy atom. The molecular formula is C24H24N4O3. The number of methoxy groups -OCH3 is 2. The summed E-state index contributed by atoms with van der Waals surface area (Å²) < 4.78 is 12.6. The highest BCUT2D eigenvalue weighted by molar-refractivity contribution is 5.89. The zero-order chi connectivity index (χ0) is 21.6. The Morgan fingerprint density at radius 3 is 2.32 bits per heavy atom. The third-order valence-electron chi connectivity index (χ3n) is 4.92. The van der Waals surface area contributed by atoms with Gasteiger partial charge in [0.25, 0.3) is 0 Å². The second-order valence-electron chi connectivity index (χ2n) is 6.92. The van der Waals surface area contributed by atoms with Crippen molar-refractivity contribution >= 4 is 22.8 Å². The number of urea groups is 1. The van der Waals surface area contributed by atoms with E-state index < -0.39 is 0 Å². The first-order chi connectivity index (χ1) is 15.2. The van der Waals surface area contributed by atoms with Crippen molar-refractivity contribution in [3.05, 3.63) is 72.8 Å². The Kier molecular flexibility index (Phi) is 6.03. The van der Waals surface area contributed by atoms with Gasteiger partial charge in [-0.05, 0) is 12.1 Å². The lowest BCUT2D eigenvalue weighted by Crippen LogP contribution is -2.31. The highest BCUT2D eigenvalue weighted by atomic mass is 16.5. The van der Waals surface area contributed by atoms with Crippen molar-refractivity contribution in [2.24, 2.45) is 0 Å². The van der Waals surface area contributed by atoms with Crippen LogP contribution in [0, 0.1) is 0 Å². The van der Waals surface area contributed by atoms with Crippen LogP contribution in [0.15, 0.2) is 72.8 Å². The number of nitrogens with zero attached hydrogens (tertiary/aromatic N) is 2. The second kappa shape index (κ2) is 9.21. The van der Waals surface area contributed by atoms with Gasteiger partial charge in [0.2, 0.25) is 0 Å². The number of para-hydroxylation sites is 2. The Labute approximate surface area is 180 Å². The summed E-state index contributed by atoms with van der Waals surface area (Å²) in [6.45, 7) is 1.02. The fourth-order valence-electron chi connectivity index (χ4n) is 3.45. The number of amides is 2. The molecule has 0 spiro atoms. The predicted molar refractivity (Wildman–Crippen MR) is 122 cm³/mol. The molecule has 0 radical (unpaired) electrons. The monoisotopic (exact) mass is 416 g/mol. The topological polar surface area (TPSA) is 77.4 Å². The van der Waals surface area contributed by atoms with Crippen LogP contribution in [0.3, 0.4) is 0 Å². The standard InChI is InChI=1S/C24H24N4O3/c1-30-19-14-18(15-20(16-19)31-2)26-24(29)25-12-13-28-22-11-7-6-10-21(22)27-23(28)17-8-4-3-5-9-17/h3-11,14-16H,12-13H2,1-2H3,(H2,25,26,29). The largest absolute Gasteiger partial charge is 0.497 e. The minimum Gasteiger partial charge on any atom is -0.497 e. The number of hydrogen-bond donors (Lipinski definition) is 2. The SMILES string of the molecule is COc1cc(NC(=O)NCCn2c(-c3ccccc3)nc3ccccc32)cc(OC)c1. The Balaban J connectivity index is 1.47. The molecule has 1 heterocycles. The van der Waals surface area contributed by atoms with Crippen molar-refractivity contribution in [3.8, 4) is 22.9 Å². The van der Waals surface area contributed by atoms with E-state index in [1.54, 1.807) is 32.4 Å². The van der Waals surface area contributed by atoms with E-state index >= 15 is 0 Å². The molecule has 4 rings (SSSR count). The number of benzene rings is 3. The van der Waals surface area contributed by atoms with Crippen LogP contribution in [0.5, 0.6) is 11.5 Å². The summed E-state index contributed by atoms with van der Waals surface area (Å²) in [5.41, 5.74) is 3.58. The van der Waals surface area contributed by atoms with Gasteiger partial charge in [0.1, 0.15) is 17.3 Å². The Bertz CT molecular complexity index is 1170. The molecule has 7 nitrogen and oxygen atoms in total. The van der Waals surface area contributed by atoms with Crippen molar-refractivity contribution in [1.82, 2.24) is 14.9 Å². The first kappa shape index (κ1) is 20.3. The molecule has 0 aliphatic rings. The van der Waals surface area contributed by atoms with Gasteiger partial charge < -0.3 is 24.7 Å². The van der Waals surface area contributed by atoms with Crippen molar-refractivity contribution in [2.75, 3.05) is 26.1 Å². The molecular weight excluding hydrogens is 392 g/mol. The van der Waals surface area contributed by atoms with E-state index in [2.05, 4.69) is 15.2 Å². The van der Waals surface area contributed by atoms with Crippen molar-refractivity contribution < 1.29 is 14.3 Å². The molecule has 1 aromatic heterocycles. The number of aromatic nitrogens is 2. The number of anilines is 1. The van der Waals surface area contributed by atoms with E-state index in [1.807, 2.05) is 54.6 Å². The van der Waals surface area contributed by atoms with Gasteiger partial charge in [0.05, 0.1) is 25.3 Å². The first-order valence-electron chi connectivity index (χ1n) is 9.96. The number of carbonyl (C=O) groups excluding carboxylic acids is 1. The molecule has 31 heavy (non-hydrogen) atoms. The van der Waals surface area contributed by atoms with E-state index in [-0.39, 0.29) is 6.03 Å². The van der Waals surface area contributed by atoms with Crippen LogP contribution in [0.25, 0.3) is 22.4 Å². The molecule has 4 aromatic rings. The molecule has 0 atom stereocenters. The quantitative estimate of drug-likeness (QED) is 0.464.